The predicted molar refractivity (Wildman–Crippen MR) is 97.1 cm³/mol. The van der Waals surface area contributed by atoms with E-state index in [0.29, 0.717) is 0 Å². The number of aliphatic carboxylic acids is 1. The lowest BCUT2D eigenvalue weighted by Crippen LogP contribution is -2.50. The molecule has 1 aliphatic rings. The fraction of sp³-hybridized carbons (Fsp3) is 0.526. The van der Waals surface area contributed by atoms with Crippen LogP contribution in [0.3, 0.4) is 0 Å². The van der Waals surface area contributed by atoms with E-state index in [1.54, 1.807) is 32.9 Å². The first kappa shape index (κ1) is 20.5. The summed E-state index contributed by atoms with van der Waals surface area (Å²) in [6, 6.07) is 8.55. The van der Waals surface area contributed by atoms with Gasteiger partial charge in [0.15, 0.2) is 0 Å². The first-order chi connectivity index (χ1) is 12.5. The number of carboxylic acid groups (broad SMARTS) is 1. The summed E-state index contributed by atoms with van der Waals surface area (Å²) in [6.07, 6.45) is -1.33. The number of rotatable bonds is 4. The van der Waals surface area contributed by atoms with Crippen molar-refractivity contribution in [2.24, 2.45) is 0 Å². The molecule has 1 saturated heterocycles. The van der Waals surface area contributed by atoms with Gasteiger partial charge in [-0.3, -0.25) is 4.90 Å². The highest BCUT2D eigenvalue weighted by Gasteiger charge is 2.51. The second kappa shape index (κ2) is 7.85. The van der Waals surface area contributed by atoms with Gasteiger partial charge < -0.3 is 19.9 Å². The van der Waals surface area contributed by atoms with E-state index < -0.39 is 35.3 Å². The SMILES string of the molecule is CC(C)(C)OC(=O)N[C@H]1CN(C(=O)OCc2ccccc2)[C@@](C)(C(=O)O)C1. The second-order valence-corrected chi connectivity index (χ2v) is 7.78. The molecular weight excluding hydrogens is 352 g/mol. The quantitative estimate of drug-likeness (QED) is 0.835. The molecule has 1 aromatic rings. The van der Waals surface area contributed by atoms with Crippen molar-refractivity contribution in [1.29, 1.82) is 0 Å². The van der Waals surface area contributed by atoms with E-state index in [4.69, 9.17) is 9.47 Å². The molecule has 0 aromatic heterocycles. The van der Waals surface area contributed by atoms with Crippen molar-refractivity contribution >= 4 is 18.2 Å². The van der Waals surface area contributed by atoms with Gasteiger partial charge in [0.2, 0.25) is 0 Å². The van der Waals surface area contributed by atoms with Gasteiger partial charge >= 0.3 is 18.2 Å². The summed E-state index contributed by atoms with van der Waals surface area (Å²) in [7, 11) is 0. The number of nitrogens with zero attached hydrogens (tertiary/aromatic N) is 1. The number of benzene rings is 1. The van der Waals surface area contributed by atoms with Crippen molar-refractivity contribution in [1.82, 2.24) is 10.2 Å². The molecule has 2 rings (SSSR count). The molecule has 1 aliphatic heterocycles. The van der Waals surface area contributed by atoms with E-state index in [0.717, 1.165) is 10.5 Å². The summed E-state index contributed by atoms with van der Waals surface area (Å²) in [5.41, 5.74) is -1.36. The largest absolute Gasteiger partial charge is 0.480 e. The van der Waals surface area contributed by atoms with Crippen LogP contribution >= 0.6 is 0 Å². The highest BCUT2D eigenvalue weighted by atomic mass is 16.6. The Bertz CT molecular complexity index is 700. The van der Waals surface area contributed by atoms with Crippen molar-refractivity contribution in [3.8, 4) is 0 Å². The molecular formula is C19H26N2O6. The third-order valence-electron chi connectivity index (χ3n) is 4.25. The molecule has 1 heterocycles. The Morgan fingerprint density at radius 2 is 1.89 bits per heavy atom. The number of nitrogens with one attached hydrogen (secondary N) is 1. The van der Waals surface area contributed by atoms with Gasteiger partial charge in [0.1, 0.15) is 17.7 Å². The second-order valence-electron chi connectivity index (χ2n) is 7.78. The zero-order valence-corrected chi connectivity index (χ0v) is 16.0. The van der Waals surface area contributed by atoms with Crippen molar-refractivity contribution in [2.75, 3.05) is 6.54 Å². The number of carboxylic acids is 1. The van der Waals surface area contributed by atoms with E-state index in [2.05, 4.69) is 5.32 Å². The van der Waals surface area contributed by atoms with Crippen LogP contribution in [0.1, 0.15) is 39.7 Å². The van der Waals surface area contributed by atoms with Gasteiger partial charge in [-0.25, -0.2) is 14.4 Å². The van der Waals surface area contributed by atoms with Gasteiger partial charge in [0, 0.05) is 13.0 Å². The highest BCUT2D eigenvalue weighted by Crippen LogP contribution is 2.30. The van der Waals surface area contributed by atoms with Crippen molar-refractivity contribution < 1.29 is 29.0 Å². The monoisotopic (exact) mass is 378 g/mol. The molecule has 2 amide bonds. The maximum Gasteiger partial charge on any atom is 0.411 e. The van der Waals surface area contributed by atoms with Crippen LogP contribution in [0.2, 0.25) is 0 Å². The van der Waals surface area contributed by atoms with E-state index in [9.17, 15) is 19.5 Å². The maximum absolute atomic E-state index is 12.5. The Balaban J connectivity index is 2.03. The summed E-state index contributed by atoms with van der Waals surface area (Å²) in [4.78, 5) is 37.4. The predicted octanol–water partition coefficient (Wildman–Crippen LogP) is 2.77. The Labute approximate surface area is 158 Å². The van der Waals surface area contributed by atoms with E-state index >= 15 is 0 Å². The molecule has 8 nitrogen and oxygen atoms in total. The van der Waals surface area contributed by atoms with Gasteiger partial charge in [0.25, 0.3) is 0 Å². The molecule has 148 valence electrons. The van der Waals surface area contributed by atoms with Crippen LogP contribution in [0.15, 0.2) is 30.3 Å². The van der Waals surface area contributed by atoms with E-state index in [1.807, 2.05) is 18.2 Å². The standard InChI is InChI=1S/C19H26N2O6/c1-18(2,3)27-16(24)20-14-10-19(4,15(22)23)21(11-14)17(25)26-12-13-8-6-5-7-9-13/h5-9,14H,10-12H2,1-4H3,(H,20,24)(H,22,23)/t14-,19-/m1/s1. The average Bonchev–Trinajstić information content (AvgIpc) is 2.89. The Kier molecular flexibility index (Phi) is 5.98. The molecule has 8 heteroatoms. The fourth-order valence-corrected chi connectivity index (χ4v) is 2.92. The molecule has 0 aliphatic carbocycles. The first-order valence-electron chi connectivity index (χ1n) is 8.72. The van der Waals surface area contributed by atoms with Crippen LogP contribution in [0.25, 0.3) is 0 Å². The minimum atomic E-state index is -1.48. The molecule has 0 spiro atoms. The number of carbonyl (C=O) groups excluding carboxylic acids is 2. The Hall–Kier alpha value is -2.77. The molecule has 0 saturated carbocycles. The van der Waals surface area contributed by atoms with Crippen LogP contribution in [0.4, 0.5) is 9.59 Å². The number of ether oxygens (including phenoxy) is 2. The Morgan fingerprint density at radius 1 is 1.26 bits per heavy atom. The normalized spacial score (nSPS) is 22.2. The van der Waals surface area contributed by atoms with Crippen LogP contribution in [0.5, 0.6) is 0 Å². The number of hydrogen-bond donors (Lipinski definition) is 2. The molecule has 0 unspecified atom stereocenters. The highest BCUT2D eigenvalue weighted by molar-refractivity contribution is 5.85. The summed E-state index contributed by atoms with van der Waals surface area (Å²) >= 11 is 0. The van der Waals surface area contributed by atoms with Gasteiger partial charge in [0.05, 0.1) is 6.04 Å². The van der Waals surface area contributed by atoms with Crippen molar-refractivity contribution in [3.63, 3.8) is 0 Å². The van der Waals surface area contributed by atoms with Crippen LogP contribution < -0.4 is 5.32 Å². The summed E-state index contributed by atoms with van der Waals surface area (Å²) in [6.45, 7) is 6.70. The zero-order chi connectivity index (χ0) is 20.2. The lowest BCUT2D eigenvalue weighted by Gasteiger charge is -2.29. The van der Waals surface area contributed by atoms with Crippen LogP contribution in [0, 0.1) is 0 Å². The minimum Gasteiger partial charge on any atom is -0.480 e. The molecule has 0 bridgehead atoms. The van der Waals surface area contributed by atoms with E-state index in [-0.39, 0.29) is 19.6 Å². The number of amides is 2. The molecule has 0 radical (unpaired) electrons. The van der Waals surface area contributed by atoms with Crippen molar-refractivity contribution in [2.45, 2.75) is 57.9 Å². The third-order valence-corrected chi connectivity index (χ3v) is 4.25. The van der Waals surface area contributed by atoms with Gasteiger partial charge in [-0.2, -0.15) is 0 Å². The smallest absolute Gasteiger partial charge is 0.411 e. The molecule has 1 aromatic carbocycles. The first-order valence-corrected chi connectivity index (χ1v) is 8.72. The lowest BCUT2D eigenvalue weighted by molar-refractivity contribution is -0.147. The molecule has 1 fully saturated rings. The lowest BCUT2D eigenvalue weighted by atomic mass is 9.98. The number of carbonyl (C=O) groups is 3. The van der Waals surface area contributed by atoms with Crippen LogP contribution in [-0.2, 0) is 20.9 Å². The number of likely N-dealkylation sites (tertiary alicyclic amines) is 1. The van der Waals surface area contributed by atoms with Crippen molar-refractivity contribution in [3.05, 3.63) is 35.9 Å². The number of alkyl carbamates (subject to hydrolysis) is 1. The average molecular weight is 378 g/mol. The summed E-state index contributed by atoms with van der Waals surface area (Å²) in [5.74, 6) is -1.16. The summed E-state index contributed by atoms with van der Waals surface area (Å²) in [5, 5.41) is 12.3. The minimum absolute atomic E-state index is 0.0235. The van der Waals surface area contributed by atoms with Crippen LogP contribution in [-0.4, -0.2) is 51.9 Å². The molecule has 27 heavy (non-hydrogen) atoms. The van der Waals surface area contributed by atoms with E-state index in [1.165, 1.54) is 6.92 Å². The van der Waals surface area contributed by atoms with Gasteiger partial charge in [-0.15, -0.1) is 0 Å². The third kappa shape index (κ3) is 5.35. The van der Waals surface area contributed by atoms with Gasteiger partial charge in [-0.1, -0.05) is 30.3 Å². The number of hydrogen-bond acceptors (Lipinski definition) is 5. The van der Waals surface area contributed by atoms with Gasteiger partial charge in [-0.05, 0) is 33.3 Å². The molecule has 2 N–H and O–H groups in total. The summed E-state index contributed by atoms with van der Waals surface area (Å²) < 4.78 is 10.5. The molecule has 2 atom stereocenters. The zero-order valence-electron chi connectivity index (χ0n) is 16.0. The maximum atomic E-state index is 12.5. The Morgan fingerprint density at radius 3 is 2.44 bits per heavy atom. The fourth-order valence-electron chi connectivity index (χ4n) is 2.92. The topological polar surface area (TPSA) is 105 Å².